The highest BCUT2D eigenvalue weighted by molar-refractivity contribution is 9.11. The largest absolute Gasteiger partial charge is 0.308 e. The fraction of sp³-hybridized carbons (Fsp3) is 0.286. The smallest absolute Gasteiger partial charge is 0.250 e. The van der Waals surface area contributed by atoms with Crippen LogP contribution in [-0.2, 0) is 16.4 Å². The van der Waals surface area contributed by atoms with Crippen molar-refractivity contribution >= 4 is 37.3 Å². The SMILES string of the molecule is O=S(=O)(NCC1NCCc2ccccc21)c1ccc(Br)s1. The summed E-state index contributed by atoms with van der Waals surface area (Å²) in [4.78, 5) is 0. The maximum Gasteiger partial charge on any atom is 0.250 e. The van der Waals surface area contributed by atoms with Crippen molar-refractivity contribution in [2.75, 3.05) is 13.1 Å². The van der Waals surface area contributed by atoms with Gasteiger partial charge < -0.3 is 5.32 Å². The molecule has 4 nitrogen and oxygen atoms in total. The number of fused-ring (bicyclic) bond motifs is 1. The highest BCUT2D eigenvalue weighted by Crippen LogP contribution is 2.27. The molecule has 21 heavy (non-hydrogen) atoms. The third-order valence-electron chi connectivity index (χ3n) is 3.51. The van der Waals surface area contributed by atoms with Crippen LogP contribution in [0.3, 0.4) is 0 Å². The normalized spacial score (nSPS) is 18.4. The van der Waals surface area contributed by atoms with Crippen LogP contribution in [0.2, 0.25) is 0 Å². The second-order valence-corrected chi connectivity index (χ2v) is 9.32. The van der Waals surface area contributed by atoms with Crippen LogP contribution in [0.15, 0.2) is 44.4 Å². The number of nitrogens with one attached hydrogen (secondary N) is 2. The van der Waals surface area contributed by atoms with Crippen LogP contribution in [0, 0.1) is 0 Å². The summed E-state index contributed by atoms with van der Waals surface area (Å²) < 4.78 is 28.3. The Kier molecular flexibility index (Phi) is 4.46. The van der Waals surface area contributed by atoms with Crippen LogP contribution in [0.1, 0.15) is 17.2 Å². The average Bonchev–Trinajstić information content (AvgIpc) is 2.93. The summed E-state index contributed by atoms with van der Waals surface area (Å²) in [5.41, 5.74) is 2.47. The second kappa shape index (κ2) is 6.18. The van der Waals surface area contributed by atoms with Gasteiger partial charge in [-0.05, 0) is 52.2 Å². The maximum absolute atomic E-state index is 12.3. The van der Waals surface area contributed by atoms with E-state index in [0.29, 0.717) is 10.8 Å². The summed E-state index contributed by atoms with van der Waals surface area (Å²) in [6.07, 6.45) is 0.983. The molecule has 0 fully saturated rings. The van der Waals surface area contributed by atoms with E-state index < -0.39 is 10.0 Å². The lowest BCUT2D eigenvalue weighted by molar-refractivity contribution is 0.492. The number of hydrogen-bond donors (Lipinski definition) is 2. The number of hydrogen-bond acceptors (Lipinski definition) is 4. The van der Waals surface area contributed by atoms with E-state index in [1.807, 2.05) is 12.1 Å². The Morgan fingerprint density at radius 1 is 1.29 bits per heavy atom. The van der Waals surface area contributed by atoms with Gasteiger partial charge in [0.15, 0.2) is 0 Å². The van der Waals surface area contributed by atoms with Gasteiger partial charge in [0.2, 0.25) is 10.0 Å². The standard InChI is InChI=1S/C14H15BrN2O2S2/c15-13-5-6-14(20-13)21(18,19)17-9-12-11-4-2-1-3-10(11)7-8-16-12/h1-6,12,16-17H,7-9H2. The van der Waals surface area contributed by atoms with Crippen LogP contribution in [0.25, 0.3) is 0 Å². The van der Waals surface area contributed by atoms with Crippen LogP contribution in [0.5, 0.6) is 0 Å². The molecule has 1 aromatic carbocycles. The van der Waals surface area contributed by atoms with E-state index >= 15 is 0 Å². The van der Waals surface area contributed by atoms with Gasteiger partial charge in [-0.2, -0.15) is 0 Å². The predicted octanol–water partition coefficient (Wildman–Crippen LogP) is 2.68. The summed E-state index contributed by atoms with van der Waals surface area (Å²) in [5.74, 6) is 0. The molecule has 1 aliphatic rings. The van der Waals surface area contributed by atoms with Crippen molar-refractivity contribution in [3.05, 3.63) is 51.3 Å². The molecule has 0 bridgehead atoms. The number of thiophene rings is 1. The third kappa shape index (κ3) is 3.37. The average molecular weight is 387 g/mol. The van der Waals surface area contributed by atoms with Crippen molar-refractivity contribution < 1.29 is 8.42 Å². The molecule has 1 aliphatic heterocycles. The van der Waals surface area contributed by atoms with Crippen molar-refractivity contribution in [1.29, 1.82) is 0 Å². The first-order chi connectivity index (χ1) is 10.1. The van der Waals surface area contributed by atoms with Gasteiger partial charge in [0.1, 0.15) is 4.21 Å². The minimum absolute atomic E-state index is 0.0214. The van der Waals surface area contributed by atoms with Crippen molar-refractivity contribution in [3.8, 4) is 0 Å². The van der Waals surface area contributed by atoms with E-state index in [4.69, 9.17) is 0 Å². The Balaban J connectivity index is 1.74. The lowest BCUT2D eigenvalue weighted by Crippen LogP contribution is -2.38. The van der Waals surface area contributed by atoms with Crippen molar-refractivity contribution in [1.82, 2.24) is 10.0 Å². The lowest BCUT2D eigenvalue weighted by Gasteiger charge is -2.27. The third-order valence-corrected chi connectivity index (χ3v) is 7.05. The number of benzene rings is 1. The first kappa shape index (κ1) is 15.2. The number of sulfonamides is 1. The van der Waals surface area contributed by atoms with Gasteiger partial charge in [-0.15, -0.1) is 11.3 Å². The van der Waals surface area contributed by atoms with E-state index in [1.165, 1.54) is 22.5 Å². The topological polar surface area (TPSA) is 58.2 Å². The molecule has 1 atom stereocenters. The molecular weight excluding hydrogens is 372 g/mol. The summed E-state index contributed by atoms with van der Waals surface area (Å²) >= 11 is 4.50. The van der Waals surface area contributed by atoms with Crippen molar-refractivity contribution in [3.63, 3.8) is 0 Å². The molecule has 7 heteroatoms. The Morgan fingerprint density at radius 2 is 2.10 bits per heavy atom. The molecule has 112 valence electrons. The molecule has 1 aromatic heterocycles. The first-order valence-electron chi connectivity index (χ1n) is 6.62. The molecule has 0 aliphatic carbocycles. The predicted molar refractivity (Wildman–Crippen MR) is 88.1 cm³/mol. The molecule has 1 unspecified atom stereocenters. The fourth-order valence-corrected chi connectivity index (χ4v) is 5.58. The molecule has 2 N–H and O–H groups in total. The summed E-state index contributed by atoms with van der Waals surface area (Å²) in [7, 11) is -3.44. The Hall–Kier alpha value is -0.730. The van der Waals surface area contributed by atoms with Gasteiger partial charge in [0.25, 0.3) is 0 Å². The van der Waals surface area contributed by atoms with Crippen LogP contribution < -0.4 is 10.0 Å². The number of halogens is 1. The molecular formula is C14H15BrN2O2S2. The van der Waals surface area contributed by atoms with E-state index in [0.717, 1.165) is 16.8 Å². The quantitative estimate of drug-likeness (QED) is 0.848. The number of rotatable bonds is 4. The van der Waals surface area contributed by atoms with Crippen molar-refractivity contribution in [2.24, 2.45) is 0 Å². The molecule has 0 saturated heterocycles. The molecule has 0 saturated carbocycles. The molecule has 2 heterocycles. The highest BCUT2D eigenvalue weighted by Gasteiger charge is 2.22. The summed E-state index contributed by atoms with van der Waals surface area (Å²) in [6.45, 7) is 1.23. The molecule has 0 spiro atoms. The Labute approximate surface area is 136 Å². The first-order valence-corrected chi connectivity index (χ1v) is 9.72. The fourth-order valence-electron chi connectivity index (χ4n) is 2.48. The zero-order valence-electron chi connectivity index (χ0n) is 11.2. The zero-order valence-corrected chi connectivity index (χ0v) is 14.4. The highest BCUT2D eigenvalue weighted by atomic mass is 79.9. The zero-order chi connectivity index (χ0) is 14.9. The maximum atomic E-state index is 12.3. The minimum Gasteiger partial charge on any atom is -0.308 e. The molecule has 0 radical (unpaired) electrons. The van der Waals surface area contributed by atoms with Crippen molar-refractivity contribution in [2.45, 2.75) is 16.7 Å². The second-order valence-electron chi connectivity index (χ2n) is 4.87. The minimum atomic E-state index is -3.44. The van der Waals surface area contributed by atoms with E-state index in [9.17, 15) is 8.42 Å². The molecule has 0 amide bonds. The lowest BCUT2D eigenvalue weighted by atomic mass is 9.95. The Morgan fingerprint density at radius 3 is 2.86 bits per heavy atom. The van der Waals surface area contributed by atoms with Gasteiger partial charge >= 0.3 is 0 Å². The van der Waals surface area contributed by atoms with E-state index in [2.05, 4.69) is 38.1 Å². The van der Waals surface area contributed by atoms with Gasteiger partial charge in [-0.3, -0.25) is 0 Å². The van der Waals surface area contributed by atoms with E-state index in [1.54, 1.807) is 12.1 Å². The molecule has 2 aromatic rings. The van der Waals surface area contributed by atoms with E-state index in [-0.39, 0.29) is 6.04 Å². The summed E-state index contributed by atoms with van der Waals surface area (Å²) in [5, 5.41) is 3.37. The van der Waals surface area contributed by atoms with Crippen LogP contribution >= 0.6 is 27.3 Å². The monoisotopic (exact) mass is 386 g/mol. The van der Waals surface area contributed by atoms with Crippen LogP contribution in [-0.4, -0.2) is 21.5 Å². The van der Waals surface area contributed by atoms with Gasteiger partial charge in [-0.25, -0.2) is 13.1 Å². The van der Waals surface area contributed by atoms with Gasteiger partial charge in [0, 0.05) is 12.6 Å². The molecule has 3 rings (SSSR count). The Bertz CT molecular complexity index is 743. The van der Waals surface area contributed by atoms with Gasteiger partial charge in [0.05, 0.1) is 3.79 Å². The summed E-state index contributed by atoms with van der Waals surface area (Å²) in [6, 6.07) is 11.6. The van der Waals surface area contributed by atoms with Crippen LogP contribution in [0.4, 0.5) is 0 Å². The van der Waals surface area contributed by atoms with Gasteiger partial charge in [-0.1, -0.05) is 24.3 Å².